The van der Waals surface area contributed by atoms with Crippen LogP contribution in [-0.4, -0.2) is 45.8 Å². The molecule has 0 radical (unpaired) electrons. The van der Waals surface area contributed by atoms with Crippen molar-refractivity contribution >= 4 is 12.0 Å². The van der Waals surface area contributed by atoms with Crippen LogP contribution >= 0.6 is 0 Å². The Balaban J connectivity index is 1.91. The largest absolute Gasteiger partial charge is 0.444 e. The van der Waals surface area contributed by atoms with Crippen molar-refractivity contribution in [2.24, 2.45) is 0 Å². The van der Waals surface area contributed by atoms with Gasteiger partial charge in [0, 0.05) is 25.1 Å². The lowest BCUT2D eigenvalue weighted by Crippen LogP contribution is -2.46. The van der Waals surface area contributed by atoms with Gasteiger partial charge in [-0.2, -0.15) is 5.10 Å². The van der Waals surface area contributed by atoms with Crippen molar-refractivity contribution in [1.82, 2.24) is 20.4 Å². The Morgan fingerprint density at radius 2 is 2.19 bits per heavy atom. The number of carbonyl (C=O) groups excluding carboxylic acids is 2. The van der Waals surface area contributed by atoms with Crippen LogP contribution in [0.2, 0.25) is 0 Å². The van der Waals surface area contributed by atoms with E-state index in [1.165, 1.54) is 0 Å². The first-order valence-electron chi connectivity index (χ1n) is 7.17. The van der Waals surface area contributed by atoms with Crippen LogP contribution in [0.5, 0.6) is 0 Å². The van der Waals surface area contributed by atoms with Crippen molar-refractivity contribution in [3.63, 3.8) is 0 Å². The molecular formula is C14H20N4O3. The van der Waals surface area contributed by atoms with Crippen LogP contribution in [0.25, 0.3) is 0 Å². The molecule has 2 aliphatic heterocycles. The molecule has 1 aromatic heterocycles. The summed E-state index contributed by atoms with van der Waals surface area (Å²) in [6.45, 7) is 6.49. The summed E-state index contributed by atoms with van der Waals surface area (Å²) in [5.41, 5.74) is 2.19. The number of ether oxygens (including phenoxy) is 1. The summed E-state index contributed by atoms with van der Waals surface area (Å²) in [5.74, 6) is -0.0556. The number of carbonyl (C=O) groups is 2. The van der Waals surface area contributed by atoms with Crippen LogP contribution in [0.15, 0.2) is 0 Å². The topological polar surface area (TPSA) is 87.3 Å². The molecule has 1 unspecified atom stereocenters. The molecule has 2 aliphatic rings. The first-order valence-corrected chi connectivity index (χ1v) is 7.17. The molecule has 2 amide bonds. The third-order valence-corrected chi connectivity index (χ3v) is 3.72. The molecule has 1 aromatic rings. The number of amides is 2. The van der Waals surface area contributed by atoms with Gasteiger partial charge in [0.1, 0.15) is 5.60 Å². The highest BCUT2D eigenvalue weighted by atomic mass is 16.6. The van der Waals surface area contributed by atoms with Crippen LogP contribution in [0, 0.1) is 0 Å². The molecule has 0 saturated carbocycles. The number of hydrogen-bond donors (Lipinski definition) is 2. The minimum absolute atomic E-state index is 0.0556. The first-order chi connectivity index (χ1) is 9.85. The summed E-state index contributed by atoms with van der Waals surface area (Å²) in [6.07, 6.45) is 0.609. The zero-order valence-electron chi connectivity index (χ0n) is 12.5. The molecule has 2 N–H and O–H groups in total. The Hall–Kier alpha value is -2.05. The van der Waals surface area contributed by atoms with Crippen LogP contribution in [0.1, 0.15) is 43.8 Å². The molecule has 114 valence electrons. The number of nitrogens with one attached hydrogen (secondary N) is 2. The summed E-state index contributed by atoms with van der Waals surface area (Å²) in [4.78, 5) is 25.8. The fraction of sp³-hybridized carbons (Fsp3) is 0.643. The maximum atomic E-state index is 12.4. The summed E-state index contributed by atoms with van der Waals surface area (Å²) in [7, 11) is 0. The zero-order chi connectivity index (χ0) is 15.2. The van der Waals surface area contributed by atoms with Crippen molar-refractivity contribution < 1.29 is 14.3 Å². The van der Waals surface area contributed by atoms with Gasteiger partial charge >= 0.3 is 6.09 Å². The lowest BCUT2D eigenvalue weighted by Gasteiger charge is -2.36. The van der Waals surface area contributed by atoms with Gasteiger partial charge < -0.3 is 10.1 Å². The molecule has 0 aliphatic carbocycles. The van der Waals surface area contributed by atoms with Gasteiger partial charge in [0.25, 0.3) is 0 Å². The Bertz CT molecular complexity index is 588. The van der Waals surface area contributed by atoms with E-state index in [0.29, 0.717) is 19.5 Å². The number of aromatic amines is 1. The first kappa shape index (κ1) is 13.9. The molecule has 7 nitrogen and oxygen atoms in total. The lowest BCUT2D eigenvalue weighted by molar-refractivity contribution is -0.120. The molecule has 0 saturated heterocycles. The van der Waals surface area contributed by atoms with E-state index >= 15 is 0 Å². The Labute approximate surface area is 123 Å². The molecule has 0 spiro atoms. The van der Waals surface area contributed by atoms with Gasteiger partial charge in [0.05, 0.1) is 23.9 Å². The molecule has 0 aromatic carbocycles. The monoisotopic (exact) mass is 292 g/mol. The Morgan fingerprint density at radius 1 is 1.43 bits per heavy atom. The summed E-state index contributed by atoms with van der Waals surface area (Å²) >= 11 is 0. The number of H-pyrrole nitrogens is 1. The molecule has 3 heterocycles. The molecule has 3 rings (SSSR count). The molecule has 21 heavy (non-hydrogen) atoms. The summed E-state index contributed by atoms with van der Waals surface area (Å²) < 4.78 is 5.48. The van der Waals surface area contributed by atoms with Crippen molar-refractivity contribution in [1.29, 1.82) is 0 Å². The van der Waals surface area contributed by atoms with Gasteiger partial charge in [-0.05, 0) is 20.8 Å². The number of nitrogens with zero attached hydrogens (tertiary/aromatic N) is 2. The van der Waals surface area contributed by atoms with Crippen molar-refractivity contribution in [2.75, 3.05) is 13.1 Å². The van der Waals surface area contributed by atoms with E-state index in [9.17, 15) is 9.59 Å². The average Bonchev–Trinajstić information content (AvgIpc) is 2.68. The number of aromatic nitrogens is 2. The van der Waals surface area contributed by atoms with Gasteiger partial charge in [-0.1, -0.05) is 0 Å². The van der Waals surface area contributed by atoms with E-state index in [4.69, 9.17) is 4.74 Å². The second-order valence-electron chi connectivity index (χ2n) is 6.48. The third kappa shape index (κ3) is 2.59. The van der Waals surface area contributed by atoms with Crippen LogP contribution in [-0.2, 0) is 22.4 Å². The predicted molar refractivity (Wildman–Crippen MR) is 74.7 cm³/mol. The lowest BCUT2D eigenvalue weighted by atomic mass is 9.96. The maximum absolute atomic E-state index is 12.4. The highest BCUT2D eigenvalue weighted by Crippen LogP contribution is 2.33. The summed E-state index contributed by atoms with van der Waals surface area (Å²) in [5, 5.41) is 10.1. The average molecular weight is 292 g/mol. The van der Waals surface area contributed by atoms with Gasteiger partial charge in [0.2, 0.25) is 5.91 Å². The molecule has 7 heteroatoms. The third-order valence-electron chi connectivity index (χ3n) is 3.72. The fourth-order valence-corrected chi connectivity index (χ4v) is 2.87. The van der Waals surface area contributed by atoms with Gasteiger partial charge in [-0.25, -0.2) is 4.79 Å². The van der Waals surface area contributed by atoms with E-state index in [1.807, 2.05) is 20.8 Å². The summed E-state index contributed by atoms with van der Waals surface area (Å²) in [6, 6.07) is -0.205. The minimum atomic E-state index is -0.537. The minimum Gasteiger partial charge on any atom is -0.444 e. The van der Waals surface area contributed by atoms with Crippen molar-refractivity contribution in [2.45, 2.75) is 45.3 Å². The smallest absolute Gasteiger partial charge is 0.410 e. The van der Waals surface area contributed by atoms with E-state index in [1.54, 1.807) is 4.90 Å². The van der Waals surface area contributed by atoms with E-state index in [-0.39, 0.29) is 24.5 Å². The van der Waals surface area contributed by atoms with Gasteiger partial charge in [-0.15, -0.1) is 0 Å². The standard InChI is InChI=1S/C14H20N4O3/c1-14(2,3)21-13(20)18-5-4-8-12-9(17-16-8)6-11(19)15-7-10(12)18/h10H,4-7H2,1-3H3,(H,15,19)(H,16,17). The highest BCUT2D eigenvalue weighted by Gasteiger charge is 2.38. The second-order valence-corrected chi connectivity index (χ2v) is 6.48. The van der Waals surface area contributed by atoms with E-state index < -0.39 is 5.60 Å². The van der Waals surface area contributed by atoms with Gasteiger partial charge in [0.15, 0.2) is 0 Å². The molecule has 0 bridgehead atoms. The quantitative estimate of drug-likeness (QED) is 0.744. The zero-order valence-corrected chi connectivity index (χ0v) is 12.5. The van der Waals surface area contributed by atoms with Crippen molar-refractivity contribution in [3.8, 4) is 0 Å². The van der Waals surface area contributed by atoms with Crippen LogP contribution < -0.4 is 5.32 Å². The molecular weight excluding hydrogens is 272 g/mol. The van der Waals surface area contributed by atoms with Gasteiger partial charge in [-0.3, -0.25) is 14.8 Å². The normalized spacial score (nSPS) is 21.4. The van der Waals surface area contributed by atoms with Crippen LogP contribution in [0.4, 0.5) is 4.79 Å². The number of hydrogen-bond acceptors (Lipinski definition) is 4. The Morgan fingerprint density at radius 3 is 2.90 bits per heavy atom. The number of rotatable bonds is 0. The second kappa shape index (κ2) is 4.75. The molecule has 0 fully saturated rings. The fourth-order valence-electron chi connectivity index (χ4n) is 2.87. The van der Waals surface area contributed by atoms with E-state index in [2.05, 4.69) is 15.5 Å². The van der Waals surface area contributed by atoms with Crippen LogP contribution in [0.3, 0.4) is 0 Å². The SMILES string of the molecule is CC(C)(C)OC(=O)N1CCc2n[nH]c3c2C1CNC(=O)C3. The van der Waals surface area contributed by atoms with E-state index in [0.717, 1.165) is 17.0 Å². The Kier molecular flexibility index (Phi) is 3.15. The maximum Gasteiger partial charge on any atom is 0.410 e. The highest BCUT2D eigenvalue weighted by molar-refractivity contribution is 5.80. The molecule has 1 atom stereocenters. The predicted octanol–water partition coefficient (Wildman–Crippen LogP) is 0.916. The van der Waals surface area contributed by atoms with Crippen molar-refractivity contribution in [3.05, 3.63) is 17.0 Å².